The van der Waals surface area contributed by atoms with Gasteiger partial charge >= 0.3 is 13.8 Å². The van der Waals surface area contributed by atoms with Crippen LogP contribution in [0.1, 0.15) is 162 Å². The number of hydrogen-bond donors (Lipinski definition) is 3. The molecule has 0 saturated heterocycles. The molecule has 0 heterocycles. The maximum atomic E-state index is 12.6. The van der Waals surface area contributed by atoms with E-state index in [1.807, 2.05) is 0 Å². The van der Waals surface area contributed by atoms with Gasteiger partial charge in [-0.1, -0.05) is 139 Å². The predicted octanol–water partition coefficient (Wildman–Crippen LogP) is 11.2. The van der Waals surface area contributed by atoms with Crippen LogP contribution in [0.3, 0.4) is 0 Å². The van der Waals surface area contributed by atoms with Crippen LogP contribution < -0.4 is 0 Å². The third kappa shape index (κ3) is 39.7. The van der Waals surface area contributed by atoms with E-state index in [2.05, 4.69) is 74.6 Å². The van der Waals surface area contributed by atoms with Crippen LogP contribution in [0.15, 0.2) is 60.8 Å². The Morgan fingerprint density at radius 2 is 1.08 bits per heavy atom. The molecule has 0 aliphatic rings. The molecule has 0 aromatic rings. The lowest BCUT2D eigenvalue weighted by molar-refractivity contribution is -0.154. The summed E-state index contributed by atoms with van der Waals surface area (Å²) in [5.41, 5.74) is 0. The number of carbonyl (C=O) groups excluding carboxylic acids is 1. The quantitative estimate of drug-likeness (QED) is 0.0242. The second-order valence-electron chi connectivity index (χ2n) is 13.6. The number of allylic oxidation sites excluding steroid dienone is 10. The van der Waals surface area contributed by atoms with Crippen molar-refractivity contribution >= 4 is 13.8 Å². The van der Waals surface area contributed by atoms with Gasteiger partial charge in [-0.25, -0.2) is 4.57 Å². The van der Waals surface area contributed by atoms with Gasteiger partial charge in [0.15, 0.2) is 0 Å². The molecule has 0 spiro atoms. The maximum Gasteiger partial charge on any atom is 0.472 e. The molecule has 3 N–H and O–H groups in total. The van der Waals surface area contributed by atoms with E-state index in [-0.39, 0.29) is 19.6 Å². The average molecular weight is 769 g/mol. The highest BCUT2D eigenvalue weighted by atomic mass is 31.2. The molecule has 308 valence electrons. The monoisotopic (exact) mass is 769 g/mol. The Hall–Kier alpha value is -1.84. The van der Waals surface area contributed by atoms with Crippen molar-refractivity contribution in [2.75, 3.05) is 33.0 Å². The summed E-state index contributed by atoms with van der Waals surface area (Å²) in [6, 6.07) is 0. The molecule has 0 radical (unpaired) electrons. The predicted molar refractivity (Wildman–Crippen MR) is 219 cm³/mol. The zero-order valence-corrected chi connectivity index (χ0v) is 34.4. The summed E-state index contributed by atoms with van der Waals surface area (Å²) in [4.78, 5) is 22.5. The maximum absolute atomic E-state index is 12.6. The van der Waals surface area contributed by atoms with Gasteiger partial charge in [-0.3, -0.25) is 13.8 Å². The topological polar surface area (TPSA) is 132 Å². The molecule has 0 fully saturated rings. The first kappa shape index (κ1) is 51.2. The fourth-order valence-electron chi connectivity index (χ4n) is 5.28. The van der Waals surface area contributed by atoms with Crippen molar-refractivity contribution in [3.63, 3.8) is 0 Å². The third-order valence-corrected chi connectivity index (χ3v) is 9.39. The van der Waals surface area contributed by atoms with Gasteiger partial charge in [0.2, 0.25) is 0 Å². The molecule has 3 atom stereocenters. The van der Waals surface area contributed by atoms with Gasteiger partial charge in [-0.15, -0.1) is 0 Å². The van der Waals surface area contributed by atoms with Gasteiger partial charge in [-0.2, -0.15) is 0 Å². The molecule has 9 nitrogen and oxygen atoms in total. The normalized spacial score (nSPS) is 14.7. The van der Waals surface area contributed by atoms with Crippen molar-refractivity contribution in [3.05, 3.63) is 60.8 Å². The average Bonchev–Trinajstić information content (AvgIpc) is 3.15. The van der Waals surface area contributed by atoms with Crippen molar-refractivity contribution in [1.29, 1.82) is 0 Å². The lowest BCUT2D eigenvalue weighted by atomic mass is 10.1. The molecular weight excluding hydrogens is 691 g/mol. The molecule has 53 heavy (non-hydrogen) atoms. The van der Waals surface area contributed by atoms with E-state index in [1.54, 1.807) is 0 Å². The summed E-state index contributed by atoms with van der Waals surface area (Å²) in [6.07, 6.45) is 44.6. The van der Waals surface area contributed by atoms with Crippen LogP contribution in [0.25, 0.3) is 0 Å². The van der Waals surface area contributed by atoms with E-state index in [0.717, 1.165) is 89.9 Å². The van der Waals surface area contributed by atoms with Gasteiger partial charge < -0.3 is 24.6 Å². The molecule has 0 amide bonds. The molecular formula is C43H77O9P. The fraction of sp³-hybridized carbons (Fsp3) is 0.744. The van der Waals surface area contributed by atoms with Crippen LogP contribution in [0.5, 0.6) is 0 Å². The number of phosphoric ester groups is 1. The highest BCUT2D eigenvalue weighted by Gasteiger charge is 2.26. The third-order valence-electron chi connectivity index (χ3n) is 8.44. The largest absolute Gasteiger partial charge is 0.472 e. The van der Waals surface area contributed by atoms with Crippen LogP contribution >= 0.6 is 7.82 Å². The number of rotatable bonds is 39. The van der Waals surface area contributed by atoms with Gasteiger partial charge in [0.05, 0.1) is 26.4 Å². The van der Waals surface area contributed by atoms with E-state index in [1.165, 1.54) is 44.9 Å². The smallest absolute Gasteiger partial charge is 0.457 e. The number of hydrogen-bond acceptors (Lipinski definition) is 8. The minimum absolute atomic E-state index is 0.0360. The van der Waals surface area contributed by atoms with E-state index < -0.39 is 39.2 Å². The highest BCUT2D eigenvalue weighted by molar-refractivity contribution is 7.47. The molecule has 0 aliphatic heterocycles. The first-order chi connectivity index (χ1) is 25.8. The van der Waals surface area contributed by atoms with E-state index in [9.17, 15) is 19.4 Å². The Morgan fingerprint density at radius 3 is 1.64 bits per heavy atom. The summed E-state index contributed by atoms with van der Waals surface area (Å²) in [5.74, 6) is -0.399. The number of aliphatic hydroxyl groups excluding tert-OH is 2. The van der Waals surface area contributed by atoms with Crippen molar-refractivity contribution in [2.24, 2.45) is 0 Å². The van der Waals surface area contributed by atoms with Crippen LogP contribution in [-0.4, -0.2) is 66.3 Å². The molecule has 0 aromatic carbocycles. The first-order valence-corrected chi connectivity index (χ1v) is 22.3. The Kier molecular flexibility index (Phi) is 38.5. The first-order valence-electron chi connectivity index (χ1n) is 20.8. The van der Waals surface area contributed by atoms with Crippen molar-refractivity contribution < 1.29 is 43.0 Å². The minimum atomic E-state index is -4.52. The molecule has 0 rings (SSSR count). The van der Waals surface area contributed by atoms with Gasteiger partial charge in [-0.05, 0) is 77.0 Å². The zero-order valence-electron chi connectivity index (χ0n) is 33.5. The molecule has 0 aliphatic carbocycles. The van der Waals surface area contributed by atoms with Gasteiger partial charge in [0, 0.05) is 13.0 Å². The van der Waals surface area contributed by atoms with Crippen molar-refractivity contribution in [2.45, 2.75) is 174 Å². The second kappa shape index (κ2) is 39.8. The second-order valence-corrected chi connectivity index (χ2v) is 15.1. The summed E-state index contributed by atoms with van der Waals surface area (Å²) >= 11 is 0. The van der Waals surface area contributed by atoms with Crippen LogP contribution in [0.4, 0.5) is 0 Å². The van der Waals surface area contributed by atoms with Gasteiger partial charge in [0.1, 0.15) is 12.2 Å². The number of ether oxygens (including phenoxy) is 2. The number of phosphoric acid groups is 1. The Morgan fingerprint density at radius 1 is 0.604 bits per heavy atom. The van der Waals surface area contributed by atoms with E-state index >= 15 is 0 Å². The van der Waals surface area contributed by atoms with Crippen LogP contribution in [0, 0.1) is 0 Å². The molecule has 10 heteroatoms. The number of unbranched alkanes of at least 4 members (excludes halogenated alkanes) is 15. The summed E-state index contributed by atoms with van der Waals surface area (Å²) in [7, 11) is -4.52. The van der Waals surface area contributed by atoms with Crippen LogP contribution in [-0.2, 0) is 27.9 Å². The van der Waals surface area contributed by atoms with Crippen LogP contribution in [0.2, 0.25) is 0 Å². The number of carbonyl (C=O) groups is 1. The Labute approximate surface area is 323 Å². The molecule has 0 saturated carbocycles. The Balaban J connectivity index is 4.20. The lowest BCUT2D eigenvalue weighted by Gasteiger charge is -2.20. The standard InChI is InChI=1S/C43H77O9P/c1-3-5-7-9-11-13-15-17-18-19-20-21-22-23-24-26-28-30-32-34-36-49-39-42(40-51-53(47,48)50-38-41(45)37-44)52-43(46)35-33-31-29-27-25-16-14-12-10-8-6-4-2/h5,7,11-14,17-18,20-21,41-42,44-45H,3-4,6,8-10,15-16,19,22-40H2,1-2H3,(H,47,48)/b7-5-,13-11-,14-12-,18-17-,21-20-. The van der Waals surface area contributed by atoms with Gasteiger partial charge in [0.25, 0.3) is 0 Å². The fourth-order valence-corrected chi connectivity index (χ4v) is 6.07. The minimum Gasteiger partial charge on any atom is -0.457 e. The van der Waals surface area contributed by atoms with E-state index in [0.29, 0.717) is 13.0 Å². The lowest BCUT2D eigenvalue weighted by Crippen LogP contribution is -2.29. The SMILES string of the molecule is CC/C=C\C/C=C\C/C=C\C/C=C\CCCCCCCCCOCC(COP(=O)(O)OCC(O)CO)OC(=O)CCCCCCC/C=C\CCCCC. The Bertz CT molecular complexity index is 1010. The zero-order chi connectivity index (χ0) is 38.9. The number of esters is 1. The molecule has 0 bridgehead atoms. The summed E-state index contributed by atoms with van der Waals surface area (Å²) in [6.45, 7) is 3.33. The molecule has 0 aromatic heterocycles. The van der Waals surface area contributed by atoms with Crippen molar-refractivity contribution in [3.8, 4) is 0 Å². The molecule has 3 unspecified atom stereocenters. The summed E-state index contributed by atoms with van der Waals surface area (Å²) < 4.78 is 33.3. The van der Waals surface area contributed by atoms with E-state index in [4.69, 9.17) is 23.6 Å². The summed E-state index contributed by atoms with van der Waals surface area (Å²) in [5, 5.41) is 18.3. The number of aliphatic hydroxyl groups is 2. The van der Waals surface area contributed by atoms with Crippen molar-refractivity contribution in [1.82, 2.24) is 0 Å². The highest BCUT2D eigenvalue weighted by Crippen LogP contribution is 2.43.